The van der Waals surface area contributed by atoms with Crippen LogP contribution in [0, 0.1) is 0 Å². The lowest BCUT2D eigenvalue weighted by Crippen LogP contribution is -2.56. The van der Waals surface area contributed by atoms with Gasteiger partial charge < -0.3 is 4.90 Å². The maximum absolute atomic E-state index is 13.0. The third-order valence-electron chi connectivity index (χ3n) is 5.73. The van der Waals surface area contributed by atoms with Crippen molar-refractivity contribution in [1.29, 1.82) is 0 Å². The molecule has 3 rings (SSSR count). The Morgan fingerprint density at radius 2 is 1.88 bits per heavy atom. The lowest BCUT2D eigenvalue weighted by molar-refractivity contribution is -0.148. The molecule has 1 aromatic rings. The summed E-state index contributed by atoms with van der Waals surface area (Å²) < 4.78 is 0. The number of hydrogen-bond acceptors (Lipinski definition) is 3. The largest absolute Gasteiger partial charge is 0.328 e. The van der Waals surface area contributed by atoms with E-state index in [1.54, 1.807) is 11.9 Å². The van der Waals surface area contributed by atoms with Gasteiger partial charge in [-0.25, -0.2) is 0 Å². The molecule has 0 aromatic heterocycles. The molecule has 2 aliphatic rings. The standard InChI is InChI=1S/C20H27ClN2O2/c1-22(19(25)15-23-13-7-2-8-14-23)20(12-6-5-11-18(20)24)16-9-3-4-10-17(16)21/h3-4,9-10H,2,5-8,11-15H2,1H3/t20-/m1/s1. The fourth-order valence-electron chi connectivity index (χ4n) is 4.26. The zero-order valence-corrected chi connectivity index (χ0v) is 15.7. The van der Waals surface area contributed by atoms with Crippen LogP contribution in [0.25, 0.3) is 0 Å². The van der Waals surface area contributed by atoms with Gasteiger partial charge in [0.15, 0.2) is 5.78 Å². The Bertz CT molecular complexity index is 642. The van der Waals surface area contributed by atoms with Gasteiger partial charge >= 0.3 is 0 Å². The van der Waals surface area contributed by atoms with Crippen molar-refractivity contribution in [2.75, 3.05) is 26.7 Å². The van der Waals surface area contributed by atoms with E-state index in [1.807, 2.05) is 24.3 Å². The molecule has 0 radical (unpaired) electrons. The highest BCUT2D eigenvalue weighted by atomic mass is 35.5. The number of carbonyl (C=O) groups excluding carboxylic acids is 2. The van der Waals surface area contributed by atoms with Gasteiger partial charge in [0.05, 0.1) is 6.54 Å². The summed E-state index contributed by atoms with van der Waals surface area (Å²) in [7, 11) is 1.78. The Kier molecular flexibility index (Phi) is 5.80. The molecule has 136 valence electrons. The summed E-state index contributed by atoms with van der Waals surface area (Å²) in [5.74, 6) is 0.124. The minimum absolute atomic E-state index is 0.0112. The molecule has 0 spiro atoms. The molecule has 0 bridgehead atoms. The number of ketones is 1. The fraction of sp³-hybridized carbons (Fsp3) is 0.600. The maximum Gasteiger partial charge on any atom is 0.237 e. The number of amides is 1. The molecular formula is C20H27ClN2O2. The van der Waals surface area contributed by atoms with Crippen LogP contribution in [0.4, 0.5) is 0 Å². The van der Waals surface area contributed by atoms with Crippen LogP contribution < -0.4 is 0 Å². The number of benzene rings is 1. The Morgan fingerprint density at radius 1 is 1.16 bits per heavy atom. The number of Topliss-reactive ketones (excluding diaryl/α,β-unsaturated/α-hetero) is 1. The van der Waals surface area contributed by atoms with Gasteiger partial charge in [0, 0.05) is 24.1 Å². The van der Waals surface area contributed by atoms with Crippen molar-refractivity contribution < 1.29 is 9.59 Å². The van der Waals surface area contributed by atoms with E-state index in [1.165, 1.54) is 6.42 Å². The first-order valence-electron chi connectivity index (χ1n) is 9.33. The van der Waals surface area contributed by atoms with Gasteiger partial charge in [0.1, 0.15) is 5.54 Å². The highest BCUT2D eigenvalue weighted by molar-refractivity contribution is 6.31. The Hall–Kier alpha value is -1.39. The molecule has 5 heteroatoms. The second-order valence-electron chi connectivity index (χ2n) is 7.26. The van der Waals surface area contributed by atoms with E-state index in [0.717, 1.165) is 44.3 Å². The molecule has 25 heavy (non-hydrogen) atoms. The molecular weight excluding hydrogens is 336 g/mol. The van der Waals surface area contributed by atoms with Gasteiger partial charge in [-0.2, -0.15) is 0 Å². The van der Waals surface area contributed by atoms with Crippen molar-refractivity contribution in [1.82, 2.24) is 9.80 Å². The molecule has 0 unspecified atom stereocenters. The maximum atomic E-state index is 13.0. The molecule has 1 amide bonds. The average Bonchev–Trinajstić information content (AvgIpc) is 2.63. The molecule has 1 aliphatic carbocycles. The minimum atomic E-state index is -0.913. The number of hydrogen-bond donors (Lipinski definition) is 0. The third-order valence-corrected chi connectivity index (χ3v) is 6.06. The molecule has 1 saturated heterocycles. The summed E-state index contributed by atoms with van der Waals surface area (Å²) in [6.07, 6.45) is 6.50. The second-order valence-corrected chi connectivity index (χ2v) is 7.67. The summed E-state index contributed by atoms with van der Waals surface area (Å²) in [5.41, 5.74) is -0.139. The monoisotopic (exact) mass is 362 g/mol. The van der Waals surface area contributed by atoms with Crippen molar-refractivity contribution in [3.05, 3.63) is 34.9 Å². The first-order valence-corrected chi connectivity index (χ1v) is 9.71. The van der Waals surface area contributed by atoms with Crippen molar-refractivity contribution >= 4 is 23.3 Å². The van der Waals surface area contributed by atoms with Crippen LogP contribution in [-0.2, 0) is 15.1 Å². The molecule has 1 heterocycles. The van der Waals surface area contributed by atoms with Crippen LogP contribution in [0.15, 0.2) is 24.3 Å². The van der Waals surface area contributed by atoms with E-state index in [2.05, 4.69) is 4.90 Å². The number of piperidine rings is 1. The SMILES string of the molecule is CN(C(=O)CN1CCCCC1)[C@@]1(c2ccccc2Cl)CCCCC1=O. The van der Waals surface area contributed by atoms with Gasteiger partial charge in [0.2, 0.25) is 5.91 Å². The zero-order chi connectivity index (χ0) is 17.9. The number of likely N-dealkylation sites (N-methyl/N-ethyl adjacent to an activating group) is 1. The van der Waals surface area contributed by atoms with Gasteiger partial charge in [-0.3, -0.25) is 14.5 Å². The van der Waals surface area contributed by atoms with Crippen LogP contribution in [0.5, 0.6) is 0 Å². The normalized spacial score (nSPS) is 25.0. The van der Waals surface area contributed by atoms with Crippen LogP contribution in [0.3, 0.4) is 0 Å². The lowest BCUT2D eigenvalue weighted by atomic mass is 9.74. The quantitative estimate of drug-likeness (QED) is 0.821. The van der Waals surface area contributed by atoms with Gasteiger partial charge in [-0.1, -0.05) is 36.2 Å². The summed E-state index contributed by atoms with van der Waals surface area (Å²) in [6, 6.07) is 7.47. The van der Waals surface area contributed by atoms with Crippen molar-refractivity contribution in [2.45, 2.75) is 50.5 Å². The van der Waals surface area contributed by atoms with E-state index < -0.39 is 5.54 Å². The Labute approximate surface area is 155 Å². The van der Waals surface area contributed by atoms with E-state index in [4.69, 9.17) is 11.6 Å². The smallest absolute Gasteiger partial charge is 0.237 e. The number of likely N-dealkylation sites (tertiary alicyclic amines) is 1. The highest BCUT2D eigenvalue weighted by Crippen LogP contribution is 2.42. The summed E-state index contributed by atoms with van der Waals surface area (Å²) in [6.45, 7) is 2.31. The second kappa shape index (κ2) is 7.88. The van der Waals surface area contributed by atoms with Crippen molar-refractivity contribution in [2.24, 2.45) is 0 Å². The molecule has 4 nitrogen and oxygen atoms in total. The average molecular weight is 363 g/mol. The molecule has 0 N–H and O–H groups in total. The van der Waals surface area contributed by atoms with E-state index >= 15 is 0 Å². The summed E-state index contributed by atoms with van der Waals surface area (Å²) >= 11 is 6.45. The topological polar surface area (TPSA) is 40.6 Å². The van der Waals surface area contributed by atoms with Crippen molar-refractivity contribution in [3.8, 4) is 0 Å². The molecule has 1 aromatic carbocycles. The fourth-order valence-corrected chi connectivity index (χ4v) is 4.55. The third kappa shape index (κ3) is 3.61. The minimum Gasteiger partial charge on any atom is -0.328 e. The molecule has 2 fully saturated rings. The van der Waals surface area contributed by atoms with Gasteiger partial charge in [-0.05, 0) is 51.3 Å². The van der Waals surface area contributed by atoms with Gasteiger partial charge in [-0.15, -0.1) is 0 Å². The lowest BCUT2D eigenvalue weighted by Gasteiger charge is -2.44. The van der Waals surface area contributed by atoms with Crippen LogP contribution in [-0.4, -0.2) is 48.2 Å². The first kappa shape index (κ1) is 18.4. The van der Waals surface area contributed by atoms with E-state index in [9.17, 15) is 9.59 Å². The van der Waals surface area contributed by atoms with Crippen LogP contribution >= 0.6 is 11.6 Å². The molecule has 1 aliphatic heterocycles. The summed E-state index contributed by atoms with van der Waals surface area (Å²) in [5, 5.41) is 0.565. The number of nitrogens with zero attached hydrogens (tertiary/aromatic N) is 2. The Morgan fingerprint density at radius 3 is 2.56 bits per heavy atom. The first-order chi connectivity index (χ1) is 12.1. The van der Waals surface area contributed by atoms with E-state index in [-0.39, 0.29) is 11.7 Å². The number of carbonyl (C=O) groups is 2. The number of rotatable bonds is 4. The molecule has 1 atom stereocenters. The van der Waals surface area contributed by atoms with Gasteiger partial charge in [0.25, 0.3) is 0 Å². The van der Waals surface area contributed by atoms with Crippen LogP contribution in [0.1, 0.15) is 50.5 Å². The molecule has 1 saturated carbocycles. The predicted molar refractivity (Wildman–Crippen MR) is 99.7 cm³/mol. The summed E-state index contributed by atoms with van der Waals surface area (Å²) in [4.78, 5) is 30.0. The highest BCUT2D eigenvalue weighted by Gasteiger charge is 2.47. The predicted octanol–water partition coefficient (Wildman–Crippen LogP) is 3.62. The number of halogens is 1. The van der Waals surface area contributed by atoms with E-state index in [0.29, 0.717) is 24.4 Å². The van der Waals surface area contributed by atoms with Crippen molar-refractivity contribution in [3.63, 3.8) is 0 Å². The van der Waals surface area contributed by atoms with Crippen LogP contribution in [0.2, 0.25) is 5.02 Å². The zero-order valence-electron chi connectivity index (χ0n) is 15.0. The Balaban J connectivity index is 1.90.